The fourth-order valence-corrected chi connectivity index (χ4v) is 3.23. The standard InChI is InChI=1S/C16H27BrN2O/c1-11(2)19-9-12(17)8-13(19)14(20)18-16(6,7)10-15(3,4)5/h8-9,11H,10H2,1-7H3,(H,18,20). The lowest BCUT2D eigenvalue weighted by atomic mass is 9.82. The van der Waals surface area contributed by atoms with Gasteiger partial charge in [-0.15, -0.1) is 0 Å². The van der Waals surface area contributed by atoms with Gasteiger partial charge in [0, 0.05) is 22.3 Å². The van der Waals surface area contributed by atoms with E-state index in [1.165, 1.54) is 0 Å². The topological polar surface area (TPSA) is 34.0 Å². The molecule has 1 amide bonds. The molecule has 1 aromatic heterocycles. The number of carbonyl (C=O) groups is 1. The minimum absolute atomic E-state index is 0.0151. The van der Waals surface area contributed by atoms with Crippen molar-refractivity contribution in [1.29, 1.82) is 0 Å². The van der Waals surface area contributed by atoms with Gasteiger partial charge >= 0.3 is 0 Å². The van der Waals surface area contributed by atoms with Gasteiger partial charge in [-0.25, -0.2) is 0 Å². The number of hydrogen-bond donors (Lipinski definition) is 1. The van der Waals surface area contributed by atoms with Crippen molar-refractivity contribution < 1.29 is 4.79 Å². The molecule has 1 rings (SSSR count). The predicted molar refractivity (Wildman–Crippen MR) is 88.1 cm³/mol. The van der Waals surface area contributed by atoms with E-state index in [-0.39, 0.29) is 22.9 Å². The van der Waals surface area contributed by atoms with Crippen molar-refractivity contribution in [3.05, 3.63) is 22.4 Å². The van der Waals surface area contributed by atoms with Crippen molar-refractivity contribution in [2.75, 3.05) is 0 Å². The smallest absolute Gasteiger partial charge is 0.268 e. The van der Waals surface area contributed by atoms with Crippen molar-refractivity contribution in [3.8, 4) is 0 Å². The van der Waals surface area contributed by atoms with E-state index in [1.807, 2.05) is 16.8 Å². The van der Waals surface area contributed by atoms with Crippen LogP contribution < -0.4 is 5.32 Å². The van der Waals surface area contributed by atoms with Crippen molar-refractivity contribution in [2.45, 2.75) is 66.5 Å². The summed E-state index contributed by atoms with van der Waals surface area (Å²) in [6.45, 7) is 14.9. The van der Waals surface area contributed by atoms with Crippen LogP contribution in [0.15, 0.2) is 16.7 Å². The first-order valence-corrected chi connectivity index (χ1v) is 7.90. The van der Waals surface area contributed by atoms with Gasteiger partial charge in [0.25, 0.3) is 5.91 Å². The van der Waals surface area contributed by atoms with Gasteiger partial charge < -0.3 is 9.88 Å². The number of nitrogens with zero attached hydrogens (tertiary/aromatic N) is 1. The molecule has 0 saturated heterocycles. The zero-order valence-corrected chi connectivity index (χ0v) is 15.3. The summed E-state index contributed by atoms with van der Waals surface area (Å²) in [6, 6.07) is 2.13. The van der Waals surface area contributed by atoms with Crippen LogP contribution in [0, 0.1) is 5.41 Å². The second-order valence-electron chi connectivity index (χ2n) is 7.62. The maximum atomic E-state index is 12.5. The van der Waals surface area contributed by atoms with Crippen LogP contribution in [-0.4, -0.2) is 16.0 Å². The number of halogens is 1. The largest absolute Gasteiger partial charge is 0.346 e. The molecule has 1 heterocycles. The molecule has 0 aliphatic heterocycles. The molecule has 0 aliphatic carbocycles. The molecule has 0 aromatic carbocycles. The van der Waals surface area contributed by atoms with E-state index >= 15 is 0 Å². The fraction of sp³-hybridized carbons (Fsp3) is 0.688. The van der Waals surface area contributed by atoms with E-state index in [0.29, 0.717) is 5.69 Å². The number of nitrogens with one attached hydrogen (secondary N) is 1. The van der Waals surface area contributed by atoms with E-state index in [9.17, 15) is 4.79 Å². The number of rotatable bonds is 4. The summed E-state index contributed by atoms with van der Waals surface area (Å²) in [5.74, 6) is -0.0151. The Labute approximate surface area is 131 Å². The number of aromatic nitrogens is 1. The summed E-state index contributed by atoms with van der Waals surface area (Å²) < 4.78 is 2.93. The molecule has 3 nitrogen and oxygen atoms in total. The minimum Gasteiger partial charge on any atom is -0.346 e. The number of amides is 1. The molecule has 1 N–H and O–H groups in total. The molecule has 0 atom stereocenters. The molecule has 0 bridgehead atoms. The Bertz CT molecular complexity index is 481. The van der Waals surface area contributed by atoms with E-state index in [4.69, 9.17) is 0 Å². The summed E-state index contributed by atoms with van der Waals surface area (Å²) in [7, 11) is 0. The molecule has 0 aliphatic rings. The van der Waals surface area contributed by atoms with Gasteiger partial charge in [-0.2, -0.15) is 0 Å². The Morgan fingerprint density at radius 1 is 1.30 bits per heavy atom. The molecule has 20 heavy (non-hydrogen) atoms. The van der Waals surface area contributed by atoms with Gasteiger partial charge in [-0.3, -0.25) is 4.79 Å². The lowest BCUT2D eigenvalue weighted by Crippen LogP contribution is -2.46. The second-order valence-corrected chi connectivity index (χ2v) is 8.54. The molecule has 0 unspecified atom stereocenters. The molecule has 4 heteroatoms. The SMILES string of the molecule is CC(C)n1cc(Br)cc1C(=O)NC(C)(C)CC(C)(C)C. The van der Waals surface area contributed by atoms with E-state index in [2.05, 4.69) is 69.7 Å². The molecule has 0 saturated carbocycles. The fourth-order valence-electron chi connectivity index (χ4n) is 2.80. The highest BCUT2D eigenvalue weighted by Gasteiger charge is 2.28. The highest BCUT2D eigenvalue weighted by molar-refractivity contribution is 9.10. The zero-order chi connectivity index (χ0) is 15.7. The monoisotopic (exact) mass is 342 g/mol. The van der Waals surface area contributed by atoms with Crippen LogP contribution in [0.5, 0.6) is 0 Å². The Morgan fingerprint density at radius 3 is 2.30 bits per heavy atom. The lowest BCUT2D eigenvalue weighted by molar-refractivity contribution is 0.0880. The van der Waals surface area contributed by atoms with Crippen LogP contribution in [0.4, 0.5) is 0 Å². The first-order valence-electron chi connectivity index (χ1n) is 7.11. The van der Waals surface area contributed by atoms with Gasteiger partial charge in [0.2, 0.25) is 0 Å². The summed E-state index contributed by atoms with van der Waals surface area (Å²) in [5.41, 5.74) is 0.652. The van der Waals surface area contributed by atoms with Gasteiger partial charge in [0.1, 0.15) is 5.69 Å². The Morgan fingerprint density at radius 2 is 1.85 bits per heavy atom. The van der Waals surface area contributed by atoms with Crippen molar-refractivity contribution >= 4 is 21.8 Å². The lowest BCUT2D eigenvalue weighted by Gasteiger charge is -2.33. The third-order valence-electron chi connectivity index (χ3n) is 3.03. The van der Waals surface area contributed by atoms with Gasteiger partial charge in [-0.05, 0) is 61.5 Å². The maximum absolute atomic E-state index is 12.5. The first kappa shape index (κ1) is 17.3. The zero-order valence-electron chi connectivity index (χ0n) is 13.7. The molecular weight excluding hydrogens is 316 g/mol. The molecular formula is C16H27BrN2O. The normalized spacial score (nSPS) is 12.8. The molecule has 0 spiro atoms. The highest BCUT2D eigenvalue weighted by Crippen LogP contribution is 2.27. The predicted octanol–water partition coefficient (Wildman–Crippen LogP) is 4.78. The van der Waals surface area contributed by atoms with Crippen molar-refractivity contribution in [3.63, 3.8) is 0 Å². The van der Waals surface area contributed by atoms with Gasteiger partial charge in [0.15, 0.2) is 0 Å². The molecule has 0 fully saturated rings. The second kappa shape index (κ2) is 5.92. The average molecular weight is 343 g/mol. The van der Waals surface area contributed by atoms with Crippen LogP contribution in [-0.2, 0) is 0 Å². The van der Waals surface area contributed by atoms with Gasteiger partial charge in [-0.1, -0.05) is 20.8 Å². The summed E-state index contributed by atoms with van der Waals surface area (Å²) in [5, 5.41) is 3.16. The summed E-state index contributed by atoms with van der Waals surface area (Å²) in [4.78, 5) is 12.5. The number of carbonyl (C=O) groups excluding carboxylic acids is 1. The van der Waals surface area contributed by atoms with E-state index in [0.717, 1.165) is 10.9 Å². The van der Waals surface area contributed by atoms with Crippen molar-refractivity contribution in [2.24, 2.45) is 5.41 Å². The highest BCUT2D eigenvalue weighted by atomic mass is 79.9. The van der Waals surface area contributed by atoms with Crippen LogP contribution in [0.2, 0.25) is 0 Å². The third kappa shape index (κ3) is 4.97. The Balaban J connectivity index is 2.91. The minimum atomic E-state index is -0.228. The van der Waals surface area contributed by atoms with E-state index in [1.54, 1.807) is 0 Å². The Kier molecular flexibility index (Phi) is 5.12. The quantitative estimate of drug-likeness (QED) is 0.839. The van der Waals surface area contributed by atoms with Gasteiger partial charge in [0.05, 0.1) is 0 Å². The number of hydrogen-bond acceptors (Lipinski definition) is 1. The van der Waals surface area contributed by atoms with Crippen LogP contribution in [0.1, 0.15) is 71.4 Å². The molecule has 0 radical (unpaired) electrons. The first-order chi connectivity index (χ1) is 8.91. The maximum Gasteiger partial charge on any atom is 0.268 e. The molecule has 1 aromatic rings. The average Bonchev–Trinajstić information content (AvgIpc) is 2.55. The van der Waals surface area contributed by atoms with E-state index < -0.39 is 0 Å². The summed E-state index contributed by atoms with van der Waals surface area (Å²) in [6.07, 6.45) is 2.88. The molecule has 114 valence electrons. The van der Waals surface area contributed by atoms with Crippen LogP contribution >= 0.6 is 15.9 Å². The summed E-state index contributed by atoms with van der Waals surface area (Å²) >= 11 is 3.45. The van der Waals surface area contributed by atoms with Crippen molar-refractivity contribution in [1.82, 2.24) is 9.88 Å². The van der Waals surface area contributed by atoms with Crippen LogP contribution in [0.3, 0.4) is 0 Å². The van der Waals surface area contributed by atoms with Crippen LogP contribution in [0.25, 0.3) is 0 Å². The third-order valence-corrected chi connectivity index (χ3v) is 3.46. The Hall–Kier alpha value is -0.770.